The number of nitrogens with one attached hydrogen (secondary N) is 2. The molecule has 140 valence electrons. The van der Waals surface area contributed by atoms with Crippen molar-refractivity contribution in [3.05, 3.63) is 59.8 Å². The predicted molar refractivity (Wildman–Crippen MR) is 112 cm³/mol. The van der Waals surface area contributed by atoms with Gasteiger partial charge in [-0.05, 0) is 49.4 Å². The summed E-state index contributed by atoms with van der Waals surface area (Å²) in [6.07, 6.45) is 2.29. The van der Waals surface area contributed by atoms with Gasteiger partial charge >= 0.3 is 0 Å². The van der Waals surface area contributed by atoms with Crippen molar-refractivity contribution >= 4 is 28.2 Å². The summed E-state index contributed by atoms with van der Waals surface area (Å²) < 4.78 is 0. The van der Waals surface area contributed by atoms with Crippen molar-refractivity contribution in [3.63, 3.8) is 0 Å². The van der Waals surface area contributed by atoms with Crippen LogP contribution in [-0.2, 0) is 11.2 Å². The number of hydrogen-bond acceptors (Lipinski definition) is 3. The SMILES string of the molecule is Cc1cc(NC(=O)Cc2c[nH]c3ccccc23)ccc1N1CCN(C)CC1. The first-order valence-corrected chi connectivity index (χ1v) is 9.49. The number of carbonyl (C=O) groups is 1. The van der Waals surface area contributed by atoms with Crippen LogP contribution >= 0.6 is 0 Å². The number of benzene rings is 2. The van der Waals surface area contributed by atoms with E-state index >= 15 is 0 Å². The molecule has 2 heterocycles. The van der Waals surface area contributed by atoms with Crippen LogP contribution in [0.15, 0.2) is 48.7 Å². The van der Waals surface area contributed by atoms with Gasteiger partial charge in [-0.2, -0.15) is 0 Å². The number of hydrogen-bond donors (Lipinski definition) is 2. The van der Waals surface area contributed by atoms with Gasteiger partial charge in [0.1, 0.15) is 0 Å². The number of para-hydroxylation sites is 1. The minimum absolute atomic E-state index is 0.00602. The molecule has 3 aromatic rings. The summed E-state index contributed by atoms with van der Waals surface area (Å²) in [7, 11) is 2.16. The Bertz CT molecular complexity index is 954. The average Bonchev–Trinajstić information content (AvgIpc) is 3.06. The summed E-state index contributed by atoms with van der Waals surface area (Å²) in [6, 6.07) is 14.3. The van der Waals surface area contributed by atoms with Gasteiger partial charge in [0.15, 0.2) is 0 Å². The van der Waals surface area contributed by atoms with Crippen molar-refractivity contribution in [2.75, 3.05) is 43.4 Å². The number of rotatable bonds is 4. The summed E-state index contributed by atoms with van der Waals surface area (Å²) in [6.45, 7) is 6.38. The molecule has 1 aliphatic rings. The molecule has 4 rings (SSSR count). The van der Waals surface area contributed by atoms with Crippen molar-refractivity contribution < 1.29 is 4.79 Å². The molecule has 27 heavy (non-hydrogen) atoms. The molecule has 0 aliphatic carbocycles. The number of fused-ring (bicyclic) bond motifs is 1. The van der Waals surface area contributed by atoms with Gasteiger partial charge < -0.3 is 20.1 Å². The van der Waals surface area contributed by atoms with Crippen LogP contribution in [0.4, 0.5) is 11.4 Å². The van der Waals surface area contributed by atoms with E-state index in [-0.39, 0.29) is 5.91 Å². The van der Waals surface area contributed by atoms with Gasteiger partial charge in [0.25, 0.3) is 0 Å². The number of aromatic nitrogens is 1. The number of carbonyl (C=O) groups excluding carboxylic acids is 1. The minimum Gasteiger partial charge on any atom is -0.369 e. The van der Waals surface area contributed by atoms with Crippen LogP contribution in [0.3, 0.4) is 0 Å². The van der Waals surface area contributed by atoms with Crippen LogP contribution in [-0.4, -0.2) is 49.0 Å². The van der Waals surface area contributed by atoms with Crippen LogP contribution in [0.5, 0.6) is 0 Å². The summed E-state index contributed by atoms with van der Waals surface area (Å²) in [5.74, 6) is 0.00602. The zero-order valence-electron chi connectivity index (χ0n) is 16.0. The highest BCUT2D eigenvalue weighted by atomic mass is 16.1. The van der Waals surface area contributed by atoms with Gasteiger partial charge in [0.2, 0.25) is 5.91 Å². The fourth-order valence-corrected chi connectivity index (χ4v) is 3.79. The van der Waals surface area contributed by atoms with Crippen LogP contribution in [0.2, 0.25) is 0 Å². The molecular weight excluding hydrogens is 336 g/mol. The second kappa shape index (κ2) is 7.45. The second-order valence-corrected chi connectivity index (χ2v) is 7.38. The molecule has 0 saturated carbocycles. The Balaban J connectivity index is 1.43. The molecule has 0 bridgehead atoms. The molecule has 0 atom stereocenters. The molecule has 2 N–H and O–H groups in total. The van der Waals surface area contributed by atoms with Gasteiger partial charge in [-0.25, -0.2) is 0 Å². The van der Waals surface area contributed by atoms with E-state index in [4.69, 9.17) is 0 Å². The van der Waals surface area contributed by atoms with E-state index in [2.05, 4.69) is 46.2 Å². The van der Waals surface area contributed by atoms with E-state index in [9.17, 15) is 4.79 Å². The third-order valence-corrected chi connectivity index (χ3v) is 5.35. The number of nitrogens with zero attached hydrogens (tertiary/aromatic N) is 2. The van der Waals surface area contributed by atoms with Crippen LogP contribution in [0, 0.1) is 6.92 Å². The molecular formula is C22H26N4O. The predicted octanol–water partition coefficient (Wildman–Crippen LogP) is 3.41. The highest BCUT2D eigenvalue weighted by molar-refractivity contribution is 5.96. The summed E-state index contributed by atoms with van der Waals surface area (Å²) in [4.78, 5) is 20.5. The van der Waals surface area contributed by atoms with Gasteiger partial charge in [-0.15, -0.1) is 0 Å². The Hall–Kier alpha value is -2.79. The third-order valence-electron chi connectivity index (χ3n) is 5.35. The summed E-state index contributed by atoms with van der Waals surface area (Å²) in [5.41, 5.74) is 5.40. The first kappa shape index (κ1) is 17.6. The molecule has 1 aromatic heterocycles. The molecule has 1 amide bonds. The molecule has 1 fully saturated rings. The minimum atomic E-state index is 0.00602. The summed E-state index contributed by atoms with van der Waals surface area (Å²) >= 11 is 0. The molecule has 2 aromatic carbocycles. The molecule has 0 unspecified atom stereocenters. The topological polar surface area (TPSA) is 51.4 Å². The normalized spacial score (nSPS) is 15.3. The van der Waals surface area contributed by atoms with E-state index in [1.165, 1.54) is 11.3 Å². The molecule has 0 spiro atoms. The van der Waals surface area contributed by atoms with Crippen molar-refractivity contribution in [1.29, 1.82) is 0 Å². The number of aromatic amines is 1. The monoisotopic (exact) mass is 362 g/mol. The number of aryl methyl sites for hydroxylation is 1. The highest BCUT2D eigenvalue weighted by Crippen LogP contribution is 2.25. The molecule has 0 radical (unpaired) electrons. The van der Waals surface area contributed by atoms with Gasteiger partial charge in [-0.1, -0.05) is 18.2 Å². The first-order chi connectivity index (χ1) is 13.1. The number of anilines is 2. The smallest absolute Gasteiger partial charge is 0.228 e. The Morgan fingerprint density at radius 1 is 1.11 bits per heavy atom. The van der Waals surface area contributed by atoms with E-state index < -0.39 is 0 Å². The van der Waals surface area contributed by atoms with Crippen LogP contribution in [0.1, 0.15) is 11.1 Å². The molecule has 5 nitrogen and oxygen atoms in total. The lowest BCUT2D eigenvalue weighted by Gasteiger charge is -2.35. The Kier molecular flexibility index (Phi) is 4.86. The largest absolute Gasteiger partial charge is 0.369 e. The maximum Gasteiger partial charge on any atom is 0.228 e. The zero-order chi connectivity index (χ0) is 18.8. The quantitative estimate of drug-likeness (QED) is 0.748. The maximum absolute atomic E-state index is 12.5. The number of H-pyrrole nitrogens is 1. The zero-order valence-corrected chi connectivity index (χ0v) is 16.0. The lowest BCUT2D eigenvalue weighted by Crippen LogP contribution is -2.44. The van der Waals surface area contributed by atoms with Crippen molar-refractivity contribution in [1.82, 2.24) is 9.88 Å². The number of amides is 1. The van der Waals surface area contributed by atoms with E-state index in [0.29, 0.717) is 6.42 Å². The standard InChI is InChI=1S/C22H26N4O/c1-16-13-18(7-8-21(16)26-11-9-25(2)10-12-26)24-22(27)14-17-15-23-20-6-4-3-5-19(17)20/h3-8,13,15,23H,9-12,14H2,1-2H3,(H,24,27). The van der Waals surface area contributed by atoms with Gasteiger partial charge in [0.05, 0.1) is 6.42 Å². The van der Waals surface area contributed by atoms with Crippen molar-refractivity contribution in [3.8, 4) is 0 Å². The fraction of sp³-hybridized carbons (Fsp3) is 0.318. The lowest BCUT2D eigenvalue weighted by molar-refractivity contribution is -0.115. The summed E-state index contributed by atoms with van der Waals surface area (Å²) in [5, 5.41) is 4.15. The second-order valence-electron chi connectivity index (χ2n) is 7.38. The fourth-order valence-electron chi connectivity index (χ4n) is 3.79. The van der Waals surface area contributed by atoms with Crippen LogP contribution in [0.25, 0.3) is 10.9 Å². The lowest BCUT2D eigenvalue weighted by atomic mass is 10.1. The van der Waals surface area contributed by atoms with E-state index in [1.54, 1.807) is 0 Å². The first-order valence-electron chi connectivity index (χ1n) is 9.49. The van der Waals surface area contributed by atoms with Crippen molar-refractivity contribution in [2.24, 2.45) is 0 Å². The Labute approximate surface area is 160 Å². The Morgan fingerprint density at radius 3 is 2.67 bits per heavy atom. The Morgan fingerprint density at radius 2 is 1.89 bits per heavy atom. The van der Waals surface area contributed by atoms with Crippen LogP contribution < -0.4 is 10.2 Å². The number of piperazine rings is 1. The molecule has 1 saturated heterocycles. The van der Waals surface area contributed by atoms with E-state index in [1.807, 2.05) is 36.5 Å². The third kappa shape index (κ3) is 3.83. The van der Waals surface area contributed by atoms with Crippen molar-refractivity contribution in [2.45, 2.75) is 13.3 Å². The van der Waals surface area contributed by atoms with E-state index in [0.717, 1.165) is 48.3 Å². The molecule has 1 aliphatic heterocycles. The molecule has 5 heteroatoms. The maximum atomic E-state index is 12.5. The number of likely N-dealkylation sites (N-methyl/N-ethyl adjacent to an activating group) is 1. The average molecular weight is 362 g/mol. The van der Waals surface area contributed by atoms with Gasteiger partial charge in [0, 0.05) is 54.7 Å². The highest BCUT2D eigenvalue weighted by Gasteiger charge is 2.16. The van der Waals surface area contributed by atoms with Gasteiger partial charge in [-0.3, -0.25) is 4.79 Å².